The predicted molar refractivity (Wildman–Crippen MR) is 58.5 cm³/mol. The second-order valence-electron chi connectivity index (χ2n) is 3.36. The van der Waals surface area contributed by atoms with Gasteiger partial charge >= 0.3 is 0 Å². The van der Waals surface area contributed by atoms with Crippen molar-refractivity contribution in [1.82, 2.24) is 4.90 Å². The molecule has 0 radical (unpaired) electrons. The number of rotatable bonds is 2. The first kappa shape index (κ1) is 10.1. The standard InChI is InChI=1S/C9H10BrNO2S/c10-7-1-2-14-8(7)9(13)11-3-6(4-11)5-12/h1-2,6,12H,3-5H2. The van der Waals surface area contributed by atoms with Crippen LogP contribution in [-0.4, -0.2) is 35.6 Å². The Morgan fingerprint density at radius 2 is 2.43 bits per heavy atom. The number of amides is 1. The highest BCUT2D eigenvalue weighted by molar-refractivity contribution is 9.10. The van der Waals surface area contributed by atoms with Gasteiger partial charge in [0, 0.05) is 30.1 Å². The quantitative estimate of drug-likeness (QED) is 0.890. The van der Waals surface area contributed by atoms with E-state index >= 15 is 0 Å². The zero-order valence-corrected chi connectivity index (χ0v) is 9.84. The molecule has 0 spiro atoms. The number of aliphatic hydroxyl groups is 1. The Labute approximate surface area is 94.5 Å². The van der Waals surface area contributed by atoms with Crippen molar-refractivity contribution in [3.05, 3.63) is 20.8 Å². The topological polar surface area (TPSA) is 40.5 Å². The molecule has 1 aromatic heterocycles. The fraction of sp³-hybridized carbons (Fsp3) is 0.444. The molecule has 1 aliphatic rings. The third-order valence-electron chi connectivity index (χ3n) is 2.31. The minimum atomic E-state index is 0.0663. The molecule has 5 heteroatoms. The van der Waals surface area contributed by atoms with Gasteiger partial charge < -0.3 is 10.0 Å². The Balaban J connectivity index is 2.01. The molecule has 0 saturated carbocycles. The monoisotopic (exact) mass is 275 g/mol. The Morgan fingerprint density at radius 3 is 2.93 bits per heavy atom. The summed E-state index contributed by atoms with van der Waals surface area (Å²) in [5.74, 6) is 0.342. The molecule has 0 aliphatic carbocycles. The van der Waals surface area contributed by atoms with Crippen LogP contribution in [0.1, 0.15) is 9.67 Å². The van der Waals surface area contributed by atoms with Crippen molar-refractivity contribution in [3.8, 4) is 0 Å². The summed E-state index contributed by atoms with van der Waals surface area (Å²) in [6, 6.07) is 1.88. The predicted octanol–water partition coefficient (Wildman–Crippen LogP) is 1.57. The van der Waals surface area contributed by atoms with E-state index in [4.69, 9.17) is 5.11 Å². The van der Waals surface area contributed by atoms with Gasteiger partial charge in [0.05, 0.1) is 0 Å². The Bertz CT molecular complexity index is 346. The Kier molecular flexibility index (Phi) is 2.90. The van der Waals surface area contributed by atoms with E-state index in [2.05, 4.69) is 15.9 Å². The summed E-state index contributed by atoms with van der Waals surface area (Å²) in [6.45, 7) is 1.54. The molecule has 1 aliphatic heterocycles. The van der Waals surface area contributed by atoms with Gasteiger partial charge in [-0.2, -0.15) is 0 Å². The number of hydrogen-bond donors (Lipinski definition) is 1. The van der Waals surface area contributed by atoms with Crippen LogP contribution in [0.15, 0.2) is 15.9 Å². The highest BCUT2D eigenvalue weighted by atomic mass is 79.9. The molecule has 14 heavy (non-hydrogen) atoms. The van der Waals surface area contributed by atoms with Crippen LogP contribution in [0.4, 0.5) is 0 Å². The van der Waals surface area contributed by atoms with Crippen LogP contribution in [0.5, 0.6) is 0 Å². The fourth-order valence-corrected chi connectivity index (χ4v) is 2.95. The number of carbonyl (C=O) groups is 1. The largest absolute Gasteiger partial charge is 0.396 e. The molecule has 0 bridgehead atoms. The van der Waals surface area contributed by atoms with E-state index in [0.29, 0.717) is 13.1 Å². The summed E-state index contributed by atoms with van der Waals surface area (Å²) >= 11 is 4.78. The molecular weight excluding hydrogens is 266 g/mol. The molecule has 1 fully saturated rings. The molecule has 0 aromatic carbocycles. The van der Waals surface area contributed by atoms with Crippen LogP contribution < -0.4 is 0 Å². The molecule has 1 saturated heterocycles. The Hall–Kier alpha value is -0.390. The van der Waals surface area contributed by atoms with E-state index < -0.39 is 0 Å². The fourth-order valence-electron chi connectivity index (χ4n) is 1.44. The van der Waals surface area contributed by atoms with Crippen molar-refractivity contribution < 1.29 is 9.90 Å². The average Bonchev–Trinajstić information content (AvgIpc) is 2.49. The maximum absolute atomic E-state index is 11.8. The van der Waals surface area contributed by atoms with Crippen molar-refractivity contribution in [2.75, 3.05) is 19.7 Å². The number of likely N-dealkylation sites (tertiary alicyclic amines) is 1. The summed E-state index contributed by atoms with van der Waals surface area (Å²) in [7, 11) is 0. The molecular formula is C9H10BrNO2S. The van der Waals surface area contributed by atoms with Gasteiger partial charge in [0.1, 0.15) is 4.88 Å². The number of nitrogens with zero attached hydrogens (tertiary/aromatic N) is 1. The molecule has 1 amide bonds. The second-order valence-corrected chi connectivity index (χ2v) is 5.13. The van der Waals surface area contributed by atoms with Gasteiger partial charge in [-0.05, 0) is 27.4 Å². The van der Waals surface area contributed by atoms with Crippen LogP contribution in [0.3, 0.4) is 0 Å². The summed E-state index contributed by atoms with van der Waals surface area (Å²) in [5.41, 5.74) is 0. The van der Waals surface area contributed by atoms with Crippen molar-refractivity contribution in [2.45, 2.75) is 0 Å². The number of halogens is 1. The second kappa shape index (κ2) is 4.00. The van der Waals surface area contributed by atoms with Crippen LogP contribution in [-0.2, 0) is 0 Å². The SMILES string of the molecule is O=C(c1sccc1Br)N1CC(CO)C1. The van der Waals surface area contributed by atoms with Gasteiger partial charge in [0.25, 0.3) is 5.91 Å². The van der Waals surface area contributed by atoms with E-state index in [1.54, 1.807) is 4.90 Å². The van der Waals surface area contributed by atoms with Crippen LogP contribution >= 0.6 is 27.3 Å². The number of hydrogen-bond acceptors (Lipinski definition) is 3. The van der Waals surface area contributed by atoms with Gasteiger partial charge in [-0.1, -0.05) is 0 Å². The smallest absolute Gasteiger partial charge is 0.265 e. The van der Waals surface area contributed by atoms with E-state index in [-0.39, 0.29) is 18.4 Å². The number of thiophene rings is 1. The molecule has 1 aromatic rings. The zero-order chi connectivity index (χ0) is 10.1. The number of aliphatic hydroxyl groups excluding tert-OH is 1. The average molecular weight is 276 g/mol. The van der Waals surface area contributed by atoms with Gasteiger partial charge in [-0.3, -0.25) is 4.79 Å². The first-order valence-electron chi connectivity index (χ1n) is 4.35. The van der Waals surface area contributed by atoms with Crippen LogP contribution in [0, 0.1) is 5.92 Å². The lowest BCUT2D eigenvalue weighted by Gasteiger charge is -2.38. The van der Waals surface area contributed by atoms with E-state index in [1.807, 2.05) is 11.4 Å². The summed E-state index contributed by atoms with van der Waals surface area (Å²) < 4.78 is 0.861. The van der Waals surface area contributed by atoms with E-state index in [0.717, 1.165) is 9.35 Å². The minimum Gasteiger partial charge on any atom is -0.396 e. The number of carbonyl (C=O) groups excluding carboxylic acids is 1. The first-order chi connectivity index (χ1) is 6.72. The molecule has 2 heterocycles. The minimum absolute atomic E-state index is 0.0663. The van der Waals surface area contributed by atoms with E-state index in [1.165, 1.54) is 11.3 Å². The normalized spacial score (nSPS) is 16.9. The highest BCUT2D eigenvalue weighted by Gasteiger charge is 2.31. The van der Waals surface area contributed by atoms with E-state index in [9.17, 15) is 4.79 Å². The van der Waals surface area contributed by atoms with Gasteiger partial charge in [-0.25, -0.2) is 0 Å². The molecule has 0 atom stereocenters. The first-order valence-corrected chi connectivity index (χ1v) is 6.02. The van der Waals surface area contributed by atoms with Crippen LogP contribution in [0.2, 0.25) is 0 Å². The lowest BCUT2D eigenvalue weighted by atomic mass is 10.0. The third-order valence-corrected chi connectivity index (χ3v) is 4.14. The molecule has 2 rings (SSSR count). The highest BCUT2D eigenvalue weighted by Crippen LogP contribution is 2.27. The Morgan fingerprint density at radius 1 is 1.71 bits per heavy atom. The van der Waals surface area contributed by atoms with Gasteiger partial charge in [0.2, 0.25) is 0 Å². The third kappa shape index (κ3) is 1.71. The molecule has 0 unspecified atom stereocenters. The lowest BCUT2D eigenvalue weighted by Crippen LogP contribution is -2.51. The van der Waals surface area contributed by atoms with Crippen molar-refractivity contribution in [2.24, 2.45) is 5.92 Å². The van der Waals surface area contributed by atoms with Crippen LogP contribution in [0.25, 0.3) is 0 Å². The molecule has 3 nitrogen and oxygen atoms in total. The van der Waals surface area contributed by atoms with Crippen molar-refractivity contribution in [1.29, 1.82) is 0 Å². The summed E-state index contributed by atoms with van der Waals surface area (Å²) in [4.78, 5) is 14.3. The summed E-state index contributed by atoms with van der Waals surface area (Å²) in [6.07, 6.45) is 0. The maximum atomic E-state index is 11.8. The van der Waals surface area contributed by atoms with Crippen molar-refractivity contribution >= 4 is 33.2 Å². The molecule has 76 valence electrons. The maximum Gasteiger partial charge on any atom is 0.265 e. The zero-order valence-electron chi connectivity index (χ0n) is 7.44. The molecule has 1 N–H and O–H groups in total. The van der Waals surface area contributed by atoms with Gasteiger partial charge in [0.15, 0.2) is 0 Å². The lowest BCUT2D eigenvalue weighted by molar-refractivity contribution is 0.0366. The van der Waals surface area contributed by atoms with Gasteiger partial charge in [-0.15, -0.1) is 11.3 Å². The van der Waals surface area contributed by atoms with Crippen molar-refractivity contribution in [3.63, 3.8) is 0 Å². The summed E-state index contributed by atoms with van der Waals surface area (Å²) in [5, 5.41) is 10.7.